The third-order valence-corrected chi connectivity index (χ3v) is 11.7. The number of pyridine rings is 1. The van der Waals surface area contributed by atoms with Crippen molar-refractivity contribution in [2.24, 2.45) is 5.92 Å². The van der Waals surface area contributed by atoms with Gasteiger partial charge in [-0.1, -0.05) is 17.4 Å². The van der Waals surface area contributed by atoms with E-state index in [0.29, 0.717) is 60.8 Å². The second kappa shape index (κ2) is 9.88. The van der Waals surface area contributed by atoms with Crippen LogP contribution < -0.4 is 10.2 Å². The van der Waals surface area contributed by atoms with E-state index in [-0.39, 0.29) is 22.8 Å². The summed E-state index contributed by atoms with van der Waals surface area (Å²) < 4.78 is 28.9. The summed E-state index contributed by atoms with van der Waals surface area (Å²) in [6.07, 6.45) is 4.39. The van der Waals surface area contributed by atoms with Crippen molar-refractivity contribution in [3.8, 4) is 10.4 Å². The number of carbonyl (C=O) groups excluding carboxylic acids is 2. The number of aryl methyl sites for hydroxylation is 1. The van der Waals surface area contributed by atoms with Crippen LogP contribution in [0, 0.1) is 12.8 Å². The molecule has 7 rings (SSSR count). The smallest absolute Gasteiger partial charge is 0.256 e. The van der Waals surface area contributed by atoms with Gasteiger partial charge in [-0.3, -0.25) is 14.5 Å². The second-order valence-corrected chi connectivity index (χ2v) is 14.3. The summed E-state index contributed by atoms with van der Waals surface area (Å²) >= 11 is 1.41. The first-order valence-electron chi connectivity index (χ1n) is 14.2. The Morgan fingerprint density at radius 3 is 2.56 bits per heavy atom. The zero-order valence-electron chi connectivity index (χ0n) is 23.1. The first-order valence-corrected chi connectivity index (χ1v) is 16.5. The molecule has 12 heteroatoms. The van der Waals surface area contributed by atoms with E-state index in [1.807, 2.05) is 36.1 Å². The van der Waals surface area contributed by atoms with E-state index in [9.17, 15) is 18.0 Å². The molecule has 2 saturated heterocycles. The number of hydrogen-bond donors (Lipinski definition) is 1. The Morgan fingerprint density at radius 1 is 1.07 bits per heavy atom. The van der Waals surface area contributed by atoms with E-state index in [1.165, 1.54) is 15.6 Å². The van der Waals surface area contributed by atoms with Crippen LogP contribution in [-0.4, -0.2) is 65.1 Å². The highest BCUT2D eigenvalue weighted by Crippen LogP contribution is 2.43. The van der Waals surface area contributed by atoms with E-state index in [2.05, 4.69) is 17.2 Å². The minimum atomic E-state index is -3.80. The molecule has 1 unspecified atom stereocenters. The van der Waals surface area contributed by atoms with Crippen LogP contribution in [0.5, 0.6) is 0 Å². The Labute approximate surface area is 243 Å². The van der Waals surface area contributed by atoms with Gasteiger partial charge in [0.2, 0.25) is 15.9 Å². The molecule has 0 bridgehead atoms. The standard InChI is InChI=1S/C29H32N6O4S2/c1-17-27(40-29(30-17)32-23-6-3-7-24(31-23)34-13-4-8-25(34)36)20-14-21-16-35(18(2)19-9-10-19)28(37)26(21)22(15-20)41(38,39)33-11-5-12-33/h3,6-7,14-15,18-19H,4-5,8-13,16H2,1-2H3,(H,30,31,32). The lowest BCUT2D eigenvalue weighted by Gasteiger charge is -2.30. The van der Waals surface area contributed by atoms with Gasteiger partial charge >= 0.3 is 0 Å². The number of fused-ring (bicyclic) bond motifs is 1. The average Bonchev–Trinajstić information content (AvgIpc) is 3.45. The van der Waals surface area contributed by atoms with E-state index in [4.69, 9.17) is 4.98 Å². The van der Waals surface area contributed by atoms with Crippen LogP contribution in [0.15, 0.2) is 35.2 Å². The SMILES string of the molecule is Cc1nc(Nc2cccc(N3CCCC3=O)n2)sc1-c1cc2c(c(S(=O)(=O)N3CCC3)c1)C(=O)N(C(C)C1CC1)C2. The van der Waals surface area contributed by atoms with Crippen LogP contribution in [0.4, 0.5) is 16.8 Å². The Hall–Kier alpha value is -3.35. The second-order valence-electron chi connectivity index (χ2n) is 11.4. The van der Waals surface area contributed by atoms with Crippen LogP contribution in [0.1, 0.15) is 60.6 Å². The van der Waals surface area contributed by atoms with Gasteiger partial charge in [-0.15, -0.1) is 0 Å². The molecule has 4 aliphatic rings. The molecule has 214 valence electrons. The van der Waals surface area contributed by atoms with Gasteiger partial charge in [0.05, 0.1) is 21.0 Å². The zero-order valence-corrected chi connectivity index (χ0v) is 24.7. The van der Waals surface area contributed by atoms with Crippen molar-refractivity contribution in [2.45, 2.75) is 63.4 Å². The maximum atomic E-state index is 13.7. The lowest BCUT2D eigenvalue weighted by Crippen LogP contribution is -2.42. The number of nitrogens with one attached hydrogen (secondary N) is 1. The number of benzene rings is 1. The molecule has 3 fully saturated rings. The van der Waals surface area contributed by atoms with Crippen LogP contribution in [0.25, 0.3) is 10.4 Å². The Bertz CT molecular complexity index is 1680. The van der Waals surface area contributed by atoms with Crippen molar-refractivity contribution in [1.82, 2.24) is 19.2 Å². The zero-order chi connectivity index (χ0) is 28.5. The molecule has 0 spiro atoms. The Kier molecular flexibility index (Phi) is 6.40. The molecular weight excluding hydrogens is 560 g/mol. The summed E-state index contributed by atoms with van der Waals surface area (Å²) in [6, 6.07) is 9.22. The van der Waals surface area contributed by atoms with Gasteiger partial charge in [0, 0.05) is 38.6 Å². The number of carbonyl (C=O) groups is 2. The van der Waals surface area contributed by atoms with Gasteiger partial charge in [-0.25, -0.2) is 18.4 Å². The van der Waals surface area contributed by atoms with Crippen molar-refractivity contribution in [2.75, 3.05) is 29.9 Å². The molecule has 3 aliphatic heterocycles. The molecule has 3 aromatic rings. The molecule has 1 saturated carbocycles. The topological polar surface area (TPSA) is 116 Å². The summed E-state index contributed by atoms with van der Waals surface area (Å²) in [5.74, 6) is 1.56. The molecule has 2 amide bonds. The molecule has 5 heterocycles. The molecule has 1 atom stereocenters. The number of hydrogen-bond acceptors (Lipinski definition) is 8. The molecule has 10 nitrogen and oxygen atoms in total. The van der Waals surface area contributed by atoms with Gasteiger partial charge < -0.3 is 10.2 Å². The first-order chi connectivity index (χ1) is 19.7. The maximum Gasteiger partial charge on any atom is 0.256 e. The third-order valence-electron chi connectivity index (χ3n) is 8.61. The number of nitrogens with zero attached hydrogens (tertiary/aromatic N) is 5. The fourth-order valence-electron chi connectivity index (χ4n) is 5.96. The summed E-state index contributed by atoms with van der Waals surface area (Å²) in [7, 11) is -3.80. The maximum absolute atomic E-state index is 13.7. The molecule has 1 aliphatic carbocycles. The lowest BCUT2D eigenvalue weighted by molar-refractivity contribution is -0.117. The number of rotatable bonds is 8. The Morgan fingerprint density at radius 2 is 1.88 bits per heavy atom. The normalized spacial score (nSPS) is 20.0. The summed E-state index contributed by atoms with van der Waals surface area (Å²) in [5, 5.41) is 3.88. The largest absolute Gasteiger partial charge is 0.331 e. The molecule has 0 radical (unpaired) electrons. The molecule has 1 N–H and O–H groups in total. The monoisotopic (exact) mass is 592 g/mol. The van der Waals surface area contributed by atoms with Gasteiger partial charge in [-0.2, -0.15) is 4.31 Å². The minimum absolute atomic E-state index is 0.0752. The van der Waals surface area contributed by atoms with Crippen molar-refractivity contribution in [3.63, 3.8) is 0 Å². The van der Waals surface area contributed by atoms with Gasteiger partial charge in [0.15, 0.2) is 5.13 Å². The number of anilines is 3. The summed E-state index contributed by atoms with van der Waals surface area (Å²) in [4.78, 5) is 39.6. The third kappa shape index (κ3) is 4.61. The van der Waals surface area contributed by atoms with E-state index < -0.39 is 10.0 Å². The number of thiazole rings is 1. The molecule has 41 heavy (non-hydrogen) atoms. The van der Waals surface area contributed by atoms with Crippen molar-refractivity contribution in [3.05, 3.63) is 47.2 Å². The van der Waals surface area contributed by atoms with E-state index >= 15 is 0 Å². The molecule has 1 aromatic carbocycles. The van der Waals surface area contributed by atoms with Crippen molar-refractivity contribution in [1.29, 1.82) is 0 Å². The van der Waals surface area contributed by atoms with Crippen LogP contribution in [-0.2, 0) is 21.4 Å². The fourth-order valence-corrected chi connectivity index (χ4v) is 8.69. The highest BCUT2D eigenvalue weighted by Gasteiger charge is 2.43. The highest BCUT2D eigenvalue weighted by atomic mass is 32.2. The number of sulfonamides is 1. The average molecular weight is 593 g/mol. The summed E-state index contributed by atoms with van der Waals surface area (Å²) in [5.41, 5.74) is 2.57. The van der Waals surface area contributed by atoms with Gasteiger partial charge in [0.25, 0.3) is 5.91 Å². The number of aromatic nitrogens is 2. The number of amides is 2. The van der Waals surface area contributed by atoms with E-state index in [0.717, 1.165) is 47.4 Å². The van der Waals surface area contributed by atoms with Gasteiger partial charge in [0.1, 0.15) is 11.6 Å². The fraction of sp³-hybridized carbons (Fsp3) is 0.448. The van der Waals surface area contributed by atoms with Crippen molar-refractivity contribution >= 4 is 49.9 Å². The first kappa shape index (κ1) is 26.5. The van der Waals surface area contributed by atoms with E-state index in [1.54, 1.807) is 11.0 Å². The Balaban J connectivity index is 1.24. The van der Waals surface area contributed by atoms with Crippen LogP contribution in [0.2, 0.25) is 0 Å². The van der Waals surface area contributed by atoms with Crippen molar-refractivity contribution < 1.29 is 18.0 Å². The lowest BCUT2D eigenvalue weighted by atomic mass is 10.0. The highest BCUT2D eigenvalue weighted by molar-refractivity contribution is 7.89. The van der Waals surface area contributed by atoms with Gasteiger partial charge in [-0.05, 0) is 80.8 Å². The predicted octanol–water partition coefficient (Wildman–Crippen LogP) is 4.53. The minimum Gasteiger partial charge on any atom is -0.331 e. The quantitative estimate of drug-likeness (QED) is 0.409. The molecular formula is C29H32N6O4S2. The predicted molar refractivity (Wildman–Crippen MR) is 157 cm³/mol. The van der Waals surface area contributed by atoms with Crippen LogP contribution in [0.3, 0.4) is 0 Å². The molecule has 2 aromatic heterocycles. The van der Waals surface area contributed by atoms with Crippen LogP contribution >= 0.6 is 11.3 Å². The summed E-state index contributed by atoms with van der Waals surface area (Å²) in [6.45, 7) is 5.99.